The second kappa shape index (κ2) is 8.39. The fraction of sp³-hybridized carbons (Fsp3) is 0.227. The lowest BCUT2D eigenvalue weighted by atomic mass is 10.1. The number of nitrogens with zero attached hydrogens (tertiary/aromatic N) is 4. The molecule has 0 atom stereocenters. The van der Waals surface area contributed by atoms with E-state index >= 15 is 0 Å². The third-order valence-corrected chi connectivity index (χ3v) is 5.11. The quantitative estimate of drug-likeness (QED) is 0.486. The first kappa shape index (κ1) is 20.3. The highest BCUT2D eigenvalue weighted by Gasteiger charge is 2.20. The van der Waals surface area contributed by atoms with Crippen molar-refractivity contribution in [1.29, 1.82) is 0 Å². The van der Waals surface area contributed by atoms with Gasteiger partial charge >= 0.3 is 0 Å². The number of rotatable bonds is 6. The molecule has 1 saturated heterocycles. The Balaban J connectivity index is 1.53. The van der Waals surface area contributed by atoms with Gasteiger partial charge in [0.05, 0.1) is 16.3 Å². The third kappa shape index (κ3) is 4.45. The number of hydrogen-bond donors (Lipinski definition) is 1. The standard InChI is InChI=1S/C22H21N5O4/c1-15-12-20(26(24-15)18-7-9-19(10-8-18)27(30)31)23-22(29)17-5-2-4-16(13-17)14-25-11-3-6-21(25)28/h2,4-5,7-10,12-13H,3,6,11,14H2,1H3,(H,23,29). The van der Waals surface area contributed by atoms with E-state index in [9.17, 15) is 19.7 Å². The summed E-state index contributed by atoms with van der Waals surface area (Å²) < 4.78 is 1.53. The van der Waals surface area contributed by atoms with Gasteiger partial charge in [-0.25, -0.2) is 4.68 Å². The highest BCUT2D eigenvalue weighted by atomic mass is 16.6. The minimum atomic E-state index is -0.469. The predicted octanol–water partition coefficient (Wildman–Crippen LogP) is 3.46. The van der Waals surface area contributed by atoms with Crippen LogP contribution >= 0.6 is 0 Å². The van der Waals surface area contributed by atoms with Crippen molar-refractivity contribution in [2.75, 3.05) is 11.9 Å². The fourth-order valence-electron chi connectivity index (χ4n) is 3.59. The lowest BCUT2D eigenvalue weighted by Crippen LogP contribution is -2.24. The Kier molecular flexibility index (Phi) is 5.48. The summed E-state index contributed by atoms with van der Waals surface area (Å²) in [4.78, 5) is 37.0. The number of nitrogens with one attached hydrogen (secondary N) is 1. The van der Waals surface area contributed by atoms with Crippen molar-refractivity contribution in [2.45, 2.75) is 26.3 Å². The number of carbonyl (C=O) groups is 2. The van der Waals surface area contributed by atoms with Crippen molar-refractivity contribution in [3.63, 3.8) is 0 Å². The van der Waals surface area contributed by atoms with E-state index in [1.165, 1.54) is 16.8 Å². The van der Waals surface area contributed by atoms with Gasteiger partial charge in [0.25, 0.3) is 11.6 Å². The second-order valence-corrected chi connectivity index (χ2v) is 7.43. The molecule has 31 heavy (non-hydrogen) atoms. The molecule has 3 aromatic rings. The molecule has 1 N–H and O–H groups in total. The number of carbonyl (C=O) groups excluding carboxylic acids is 2. The van der Waals surface area contributed by atoms with Crippen LogP contribution in [0, 0.1) is 17.0 Å². The van der Waals surface area contributed by atoms with E-state index in [-0.39, 0.29) is 17.5 Å². The van der Waals surface area contributed by atoms with Gasteiger partial charge in [-0.2, -0.15) is 5.10 Å². The summed E-state index contributed by atoms with van der Waals surface area (Å²) in [5.41, 5.74) is 2.62. The summed E-state index contributed by atoms with van der Waals surface area (Å²) in [5, 5.41) is 18.1. The monoisotopic (exact) mass is 419 g/mol. The van der Waals surface area contributed by atoms with Crippen molar-refractivity contribution >= 4 is 23.3 Å². The molecule has 2 heterocycles. The van der Waals surface area contributed by atoms with Gasteiger partial charge in [-0.15, -0.1) is 0 Å². The van der Waals surface area contributed by atoms with Crippen LogP contribution in [0.2, 0.25) is 0 Å². The Bertz CT molecular complexity index is 1150. The minimum absolute atomic E-state index is 0.0217. The first-order chi connectivity index (χ1) is 14.9. The average Bonchev–Trinajstić information content (AvgIpc) is 3.33. The van der Waals surface area contributed by atoms with Crippen LogP contribution in [0.1, 0.15) is 34.5 Å². The number of benzene rings is 2. The van der Waals surface area contributed by atoms with Crippen LogP contribution in [0.3, 0.4) is 0 Å². The third-order valence-electron chi connectivity index (χ3n) is 5.11. The van der Waals surface area contributed by atoms with Gasteiger partial charge in [-0.1, -0.05) is 12.1 Å². The summed E-state index contributed by atoms with van der Waals surface area (Å²) in [6.45, 7) is 3.02. The van der Waals surface area contributed by atoms with Crippen molar-refractivity contribution < 1.29 is 14.5 Å². The molecule has 1 aromatic heterocycles. The van der Waals surface area contributed by atoms with E-state index in [4.69, 9.17) is 0 Å². The summed E-state index contributed by atoms with van der Waals surface area (Å²) in [7, 11) is 0. The summed E-state index contributed by atoms with van der Waals surface area (Å²) in [5.74, 6) is 0.284. The normalized spacial score (nSPS) is 13.5. The number of nitro benzene ring substituents is 1. The van der Waals surface area contributed by atoms with Gasteiger partial charge in [-0.3, -0.25) is 19.7 Å². The van der Waals surface area contributed by atoms with Crippen LogP contribution in [-0.4, -0.2) is 38.0 Å². The Morgan fingerprint density at radius 2 is 1.97 bits per heavy atom. The molecular weight excluding hydrogens is 398 g/mol. The van der Waals surface area contributed by atoms with Crippen LogP contribution in [-0.2, 0) is 11.3 Å². The van der Waals surface area contributed by atoms with Crippen LogP contribution in [0.25, 0.3) is 5.69 Å². The van der Waals surface area contributed by atoms with Crippen molar-refractivity contribution in [3.05, 3.63) is 81.5 Å². The molecular formula is C22H21N5O4. The molecule has 0 spiro atoms. The number of likely N-dealkylation sites (tertiary alicyclic amines) is 1. The number of nitro groups is 1. The molecule has 0 aliphatic carbocycles. The molecule has 0 saturated carbocycles. The molecule has 9 nitrogen and oxygen atoms in total. The van der Waals surface area contributed by atoms with Gasteiger partial charge in [0.2, 0.25) is 5.91 Å². The van der Waals surface area contributed by atoms with Crippen LogP contribution in [0.15, 0.2) is 54.6 Å². The topological polar surface area (TPSA) is 110 Å². The first-order valence-corrected chi connectivity index (χ1v) is 9.90. The summed E-state index contributed by atoms with van der Waals surface area (Å²) >= 11 is 0. The number of aromatic nitrogens is 2. The fourth-order valence-corrected chi connectivity index (χ4v) is 3.59. The molecule has 158 valence electrons. The number of hydrogen-bond acceptors (Lipinski definition) is 5. The molecule has 1 fully saturated rings. The van der Waals surface area contributed by atoms with Crippen LogP contribution in [0.4, 0.5) is 11.5 Å². The van der Waals surface area contributed by atoms with E-state index in [2.05, 4.69) is 10.4 Å². The van der Waals surface area contributed by atoms with Gasteiger partial charge in [0.15, 0.2) is 0 Å². The van der Waals surface area contributed by atoms with Gasteiger partial charge in [0, 0.05) is 43.3 Å². The highest BCUT2D eigenvalue weighted by molar-refractivity contribution is 6.04. The largest absolute Gasteiger partial charge is 0.338 e. The maximum atomic E-state index is 12.9. The summed E-state index contributed by atoms with van der Waals surface area (Å²) in [6, 6.07) is 14.8. The maximum Gasteiger partial charge on any atom is 0.269 e. The number of non-ortho nitro benzene ring substituents is 1. The molecule has 1 aliphatic rings. The second-order valence-electron chi connectivity index (χ2n) is 7.43. The predicted molar refractivity (Wildman–Crippen MR) is 114 cm³/mol. The smallest absolute Gasteiger partial charge is 0.269 e. The molecule has 0 radical (unpaired) electrons. The highest BCUT2D eigenvalue weighted by Crippen LogP contribution is 2.21. The van der Waals surface area contributed by atoms with E-state index in [1.807, 2.05) is 6.07 Å². The van der Waals surface area contributed by atoms with E-state index in [0.717, 1.165) is 18.5 Å². The van der Waals surface area contributed by atoms with E-state index in [0.29, 0.717) is 35.7 Å². The average molecular weight is 419 g/mol. The molecule has 2 aromatic carbocycles. The zero-order valence-corrected chi connectivity index (χ0v) is 16.9. The molecule has 1 aliphatic heterocycles. The van der Waals surface area contributed by atoms with Gasteiger partial charge < -0.3 is 10.2 Å². The molecule has 4 rings (SSSR count). The molecule has 0 bridgehead atoms. The zero-order chi connectivity index (χ0) is 22.0. The van der Waals surface area contributed by atoms with Crippen molar-refractivity contribution in [2.24, 2.45) is 0 Å². The molecule has 2 amide bonds. The SMILES string of the molecule is Cc1cc(NC(=O)c2cccc(CN3CCCC3=O)c2)n(-c2ccc([N+](=O)[O-])cc2)n1. The zero-order valence-electron chi connectivity index (χ0n) is 16.9. The Morgan fingerprint density at radius 3 is 2.65 bits per heavy atom. The Hall–Kier alpha value is -4.01. The van der Waals surface area contributed by atoms with Crippen LogP contribution in [0.5, 0.6) is 0 Å². The first-order valence-electron chi connectivity index (χ1n) is 9.90. The number of amides is 2. The van der Waals surface area contributed by atoms with E-state index in [1.54, 1.807) is 48.2 Å². The lowest BCUT2D eigenvalue weighted by Gasteiger charge is -2.16. The molecule has 0 unspecified atom stereocenters. The lowest BCUT2D eigenvalue weighted by molar-refractivity contribution is -0.384. The van der Waals surface area contributed by atoms with E-state index < -0.39 is 4.92 Å². The number of aryl methyl sites for hydroxylation is 1. The van der Waals surface area contributed by atoms with Crippen molar-refractivity contribution in [1.82, 2.24) is 14.7 Å². The Labute approximate surface area is 178 Å². The van der Waals surface area contributed by atoms with Gasteiger partial charge in [-0.05, 0) is 43.2 Å². The molecule has 9 heteroatoms. The van der Waals surface area contributed by atoms with Crippen molar-refractivity contribution in [3.8, 4) is 5.69 Å². The summed E-state index contributed by atoms with van der Waals surface area (Å²) in [6.07, 6.45) is 1.44. The number of anilines is 1. The van der Waals surface area contributed by atoms with Gasteiger partial charge in [0.1, 0.15) is 5.82 Å². The Morgan fingerprint density at radius 1 is 1.19 bits per heavy atom. The van der Waals surface area contributed by atoms with Crippen LogP contribution < -0.4 is 5.32 Å². The maximum absolute atomic E-state index is 12.9. The minimum Gasteiger partial charge on any atom is -0.338 e.